The molecule has 1 heteroatoms. The van der Waals surface area contributed by atoms with E-state index in [9.17, 15) is 0 Å². The molecule has 0 radical (unpaired) electrons. The zero-order valence-corrected chi connectivity index (χ0v) is 28.6. The molecule has 1 nitrogen and oxygen atoms in total. The third kappa shape index (κ3) is 3.61. The maximum atomic E-state index is 6.92. The molecule has 0 N–H and O–H groups in total. The van der Waals surface area contributed by atoms with Gasteiger partial charge in [-0.15, -0.1) is 0 Å². The Bertz CT molecular complexity index is 3640. The Balaban J connectivity index is 1.19. The molecule has 242 valence electrons. The van der Waals surface area contributed by atoms with Crippen molar-refractivity contribution in [2.24, 2.45) is 0 Å². The van der Waals surface area contributed by atoms with E-state index >= 15 is 0 Å². The smallest absolute Gasteiger partial charge is 0.143 e. The predicted molar refractivity (Wildman–Crippen MR) is 227 cm³/mol. The second-order valence-electron chi connectivity index (χ2n) is 14.8. The van der Waals surface area contributed by atoms with Crippen LogP contribution < -0.4 is 0 Å². The highest BCUT2D eigenvalue weighted by molar-refractivity contribution is 6.30. The van der Waals surface area contributed by atoms with E-state index in [1.807, 2.05) is 0 Å². The van der Waals surface area contributed by atoms with Gasteiger partial charge in [0.15, 0.2) is 0 Å². The number of hydrogen-bond donors (Lipinski definition) is 0. The maximum Gasteiger partial charge on any atom is 0.143 e. The minimum atomic E-state index is 0.920. The van der Waals surface area contributed by atoms with Gasteiger partial charge in [0, 0.05) is 16.2 Å². The van der Waals surface area contributed by atoms with Crippen molar-refractivity contribution in [2.75, 3.05) is 0 Å². The summed E-state index contributed by atoms with van der Waals surface area (Å²) in [4.78, 5) is 0. The largest absolute Gasteiger partial charge is 0.455 e. The Morgan fingerprint density at radius 3 is 1.47 bits per heavy atom. The van der Waals surface area contributed by atoms with Gasteiger partial charge in [-0.1, -0.05) is 146 Å². The van der Waals surface area contributed by atoms with Crippen LogP contribution in [0.3, 0.4) is 0 Å². The van der Waals surface area contributed by atoms with Crippen molar-refractivity contribution < 1.29 is 4.42 Å². The third-order valence-electron chi connectivity index (χ3n) is 12.1. The Morgan fingerprint density at radius 2 is 0.774 bits per heavy atom. The molecule has 13 aromatic rings. The standard InChI is InChI=1S/C52H28O/c1-2-10-38-29(5-1)19-26-46-51(38)43-25-24-40-44(39-21-16-35-14-12-31-7-4-9-33-18-23-42(39)50(35)48(31)33)27-36(28-45(40)52(43)53-46)37-20-15-34-13-11-30-6-3-8-32-17-22-41(37)49(34)47(30)32/h1-28H. The fourth-order valence-corrected chi connectivity index (χ4v) is 9.77. The van der Waals surface area contributed by atoms with E-state index in [1.54, 1.807) is 0 Å². The van der Waals surface area contributed by atoms with Crippen molar-refractivity contribution in [1.82, 2.24) is 0 Å². The fraction of sp³-hybridized carbons (Fsp3) is 0. The van der Waals surface area contributed by atoms with E-state index in [2.05, 4.69) is 170 Å². The molecule has 12 aromatic carbocycles. The molecule has 0 saturated heterocycles. The number of hydrogen-bond acceptors (Lipinski definition) is 1. The Hall–Kier alpha value is -6.96. The number of furan rings is 1. The molecule has 0 aliphatic rings. The van der Waals surface area contributed by atoms with Gasteiger partial charge in [0.1, 0.15) is 11.2 Å². The zero-order chi connectivity index (χ0) is 34.4. The van der Waals surface area contributed by atoms with Crippen LogP contribution in [0.25, 0.3) is 130 Å². The van der Waals surface area contributed by atoms with Gasteiger partial charge in [0.2, 0.25) is 0 Å². The van der Waals surface area contributed by atoms with E-state index < -0.39 is 0 Å². The maximum absolute atomic E-state index is 6.92. The van der Waals surface area contributed by atoms with Crippen LogP contribution in [0.2, 0.25) is 0 Å². The highest BCUT2D eigenvalue weighted by Gasteiger charge is 2.20. The van der Waals surface area contributed by atoms with Gasteiger partial charge in [-0.3, -0.25) is 0 Å². The van der Waals surface area contributed by atoms with Crippen LogP contribution in [0.5, 0.6) is 0 Å². The van der Waals surface area contributed by atoms with Gasteiger partial charge in [0.25, 0.3) is 0 Å². The SMILES string of the molecule is c1ccc2c(c1)ccc1oc3c4cc(-c5ccc6ccc7cccc8ccc5c6c78)cc(-c5ccc6ccc7cccc8ccc5c6c78)c4ccc3c12. The van der Waals surface area contributed by atoms with Gasteiger partial charge in [0.05, 0.1) is 0 Å². The average Bonchev–Trinajstić information content (AvgIpc) is 3.61. The first kappa shape index (κ1) is 27.7. The average molecular weight is 669 g/mol. The Morgan fingerprint density at radius 1 is 0.264 bits per heavy atom. The minimum absolute atomic E-state index is 0.920. The molecular formula is C52H28O. The van der Waals surface area contributed by atoms with Gasteiger partial charge >= 0.3 is 0 Å². The van der Waals surface area contributed by atoms with Crippen molar-refractivity contribution in [3.8, 4) is 22.3 Å². The van der Waals surface area contributed by atoms with E-state index in [0.29, 0.717) is 0 Å². The molecule has 0 bridgehead atoms. The zero-order valence-electron chi connectivity index (χ0n) is 28.6. The molecule has 1 aromatic heterocycles. The topological polar surface area (TPSA) is 13.1 Å². The first-order chi connectivity index (χ1) is 26.3. The quantitative estimate of drug-likeness (QED) is 0.167. The van der Waals surface area contributed by atoms with Crippen molar-refractivity contribution in [1.29, 1.82) is 0 Å². The molecular weight excluding hydrogens is 641 g/mol. The second kappa shape index (κ2) is 9.88. The molecule has 53 heavy (non-hydrogen) atoms. The van der Waals surface area contributed by atoms with Crippen molar-refractivity contribution in [3.63, 3.8) is 0 Å². The first-order valence-electron chi connectivity index (χ1n) is 18.4. The second-order valence-corrected chi connectivity index (χ2v) is 14.8. The molecule has 0 fully saturated rings. The monoisotopic (exact) mass is 668 g/mol. The lowest BCUT2D eigenvalue weighted by atomic mass is 9.85. The van der Waals surface area contributed by atoms with Gasteiger partial charge in [-0.05, 0) is 127 Å². The number of benzene rings is 12. The Kier molecular flexibility index (Phi) is 5.17. The van der Waals surface area contributed by atoms with E-state index in [0.717, 1.165) is 21.9 Å². The molecule has 0 unspecified atom stereocenters. The molecule has 0 saturated carbocycles. The highest BCUT2D eigenvalue weighted by atomic mass is 16.3. The lowest BCUT2D eigenvalue weighted by Gasteiger charge is -2.18. The van der Waals surface area contributed by atoms with Gasteiger partial charge < -0.3 is 4.42 Å². The molecule has 1 heterocycles. The van der Waals surface area contributed by atoms with Gasteiger partial charge in [-0.2, -0.15) is 0 Å². The summed E-state index contributed by atoms with van der Waals surface area (Å²) in [5.41, 5.74) is 6.73. The van der Waals surface area contributed by atoms with Crippen LogP contribution in [0, 0.1) is 0 Å². The molecule has 0 atom stereocenters. The lowest BCUT2D eigenvalue weighted by Crippen LogP contribution is -1.91. The van der Waals surface area contributed by atoms with Crippen LogP contribution in [0.15, 0.2) is 174 Å². The van der Waals surface area contributed by atoms with Gasteiger partial charge in [-0.25, -0.2) is 0 Å². The summed E-state index contributed by atoms with van der Waals surface area (Å²) in [6.45, 7) is 0. The highest BCUT2D eigenvalue weighted by Crippen LogP contribution is 2.47. The third-order valence-corrected chi connectivity index (χ3v) is 12.1. The van der Waals surface area contributed by atoms with Crippen molar-refractivity contribution >= 4 is 108 Å². The normalized spacial score (nSPS) is 12.5. The van der Waals surface area contributed by atoms with Crippen molar-refractivity contribution in [3.05, 3.63) is 170 Å². The van der Waals surface area contributed by atoms with Crippen LogP contribution in [0.1, 0.15) is 0 Å². The fourth-order valence-electron chi connectivity index (χ4n) is 9.77. The van der Waals surface area contributed by atoms with Crippen LogP contribution in [0.4, 0.5) is 0 Å². The summed E-state index contributed by atoms with van der Waals surface area (Å²) in [6.07, 6.45) is 0. The summed E-state index contributed by atoms with van der Waals surface area (Å²) in [5, 5.41) is 22.6. The minimum Gasteiger partial charge on any atom is -0.455 e. The first-order valence-corrected chi connectivity index (χ1v) is 18.4. The molecule has 0 amide bonds. The Labute approximate surface area is 303 Å². The predicted octanol–water partition coefficient (Wildman–Crippen LogP) is 15.0. The molecule has 0 spiro atoms. The summed E-state index contributed by atoms with van der Waals surface area (Å²) >= 11 is 0. The molecule has 13 rings (SSSR count). The van der Waals surface area contributed by atoms with E-state index in [4.69, 9.17) is 4.42 Å². The number of rotatable bonds is 2. The summed E-state index contributed by atoms with van der Waals surface area (Å²) < 4.78 is 6.92. The van der Waals surface area contributed by atoms with Crippen LogP contribution in [-0.2, 0) is 0 Å². The van der Waals surface area contributed by atoms with E-state index in [1.165, 1.54) is 108 Å². The lowest BCUT2D eigenvalue weighted by molar-refractivity contribution is 0.673. The summed E-state index contributed by atoms with van der Waals surface area (Å²) in [7, 11) is 0. The summed E-state index contributed by atoms with van der Waals surface area (Å²) in [5.74, 6) is 0. The van der Waals surface area contributed by atoms with Crippen molar-refractivity contribution in [2.45, 2.75) is 0 Å². The van der Waals surface area contributed by atoms with Crippen LogP contribution >= 0.6 is 0 Å². The molecule has 0 aliphatic heterocycles. The summed E-state index contributed by atoms with van der Waals surface area (Å²) in [6, 6.07) is 63.2. The number of fused-ring (bicyclic) bond motifs is 7. The molecule has 0 aliphatic carbocycles. The van der Waals surface area contributed by atoms with Crippen LogP contribution in [-0.4, -0.2) is 0 Å². The van der Waals surface area contributed by atoms with E-state index in [-0.39, 0.29) is 0 Å².